The molecule has 0 bridgehead atoms. The van der Waals surface area contributed by atoms with Gasteiger partial charge in [0.15, 0.2) is 0 Å². The number of nitrogens with one attached hydrogen (secondary N) is 2. The minimum atomic E-state index is -0.280. The molecule has 2 aromatic rings. The Morgan fingerprint density at radius 2 is 2.05 bits per heavy atom. The number of halogens is 1. The van der Waals surface area contributed by atoms with Gasteiger partial charge in [-0.05, 0) is 41.4 Å². The van der Waals surface area contributed by atoms with Gasteiger partial charge in [0.2, 0.25) is 17.0 Å². The quantitative estimate of drug-likeness (QED) is 0.884. The zero-order chi connectivity index (χ0) is 14.1. The van der Waals surface area contributed by atoms with Crippen LogP contribution in [-0.2, 0) is 0 Å². The predicted octanol–water partition coefficient (Wildman–Crippen LogP) is 2.50. The van der Waals surface area contributed by atoms with E-state index in [4.69, 9.17) is 17.0 Å². The van der Waals surface area contributed by atoms with Crippen LogP contribution >= 0.6 is 11.6 Å². The smallest absolute Gasteiger partial charge is 0.231 e. The van der Waals surface area contributed by atoms with Crippen molar-refractivity contribution < 1.29 is 4.79 Å². The summed E-state index contributed by atoms with van der Waals surface area (Å²) >= 11 is 5.68. The Balaban J connectivity index is 1.93. The molecule has 0 fully saturated rings. The van der Waals surface area contributed by atoms with Crippen molar-refractivity contribution in [1.82, 2.24) is 15.0 Å². The fraction of sp³-hybridized carbons (Fsp3) is 0. The van der Waals surface area contributed by atoms with Crippen LogP contribution in [0, 0.1) is 5.41 Å². The number of anilines is 2. The molecule has 7 heteroatoms. The van der Waals surface area contributed by atoms with Crippen LogP contribution in [0.15, 0.2) is 30.6 Å². The molecule has 0 saturated carbocycles. The van der Waals surface area contributed by atoms with E-state index in [-0.39, 0.29) is 16.8 Å². The lowest BCUT2D eigenvalue weighted by Crippen LogP contribution is -2.15. The first-order chi connectivity index (χ1) is 9.63. The molecule has 1 aromatic heterocycles. The summed E-state index contributed by atoms with van der Waals surface area (Å²) in [5.41, 5.74) is 1.97. The standard InChI is InChI=1S/C13H8ClN5O/c14-12-16-6-17-13(19-12)18-8-2-3-9-7(5-8)1-4-10(15)11(9)20/h1-6,15H,(H,16,17,18,19). The van der Waals surface area contributed by atoms with Gasteiger partial charge in [0.25, 0.3) is 0 Å². The molecule has 20 heavy (non-hydrogen) atoms. The Labute approximate surface area is 119 Å². The minimum Gasteiger partial charge on any atom is -0.324 e. The maximum atomic E-state index is 11.8. The van der Waals surface area contributed by atoms with Crippen LogP contribution in [0.2, 0.25) is 5.28 Å². The van der Waals surface area contributed by atoms with Crippen molar-refractivity contribution in [2.75, 3.05) is 5.32 Å². The van der Waals surface area contributed by atoms with E-state index >= 15 is 0 Å². The average molecular weight is 286 g/mol. The van der Waals surface area contributed by atoms with Gasteiger partial charge in [-0.25, -0.2) is 9.97 Å². The molecule has 1 aliphatic carbocycles. The van der Waals surface area contributed by atoms with E-state index in [0.717, 1.165) is 11.3 Å². The highest BCUT2D eigenvalue weighted by atomic mass is 35.5. The lowest BCUT2D eigenvalue weighted by molar-refractivity contribution is 0.106. The number of Topliss-reactive ketones (excluding diaryl/α,β-unsaturated/α-hetero) is 1. The number of allylic oxidation sites excluding steroid dienone is 1. The highest BCUT2D eigenvalue weighted by Gasteiger charge is 2.18. The summed E-state index contributed by atoms with van der Waals surface area (Å²) in [7, 11) is 0. The van der Waals surface area contributed by atoms with E-state index in [9.17, 15) is 4.79 Å². The topological polar surface area (TPSA) is 91.6 Å². The molecular weight excluding hydrogens is 278 g/mol. The third kappa shape index (κ3) is 2.28. The zero-order valence-electron chi connectivity index (χ0n) is 10.1. The van der Waals surface area contributed by atoms with Crippen molar-refractivity contribution in [3.05, 3.63) is 47.0 Å². The summed E-state index contributed by atoms with van der Waals surface area (Å²) in [4.78, 5) is 23.3. The van der Waals surface area contributed by atoms with Gasteiger partial charge in [-0.3, -0.25) is 10.2 Å². The Bertz CT molecular complexity index is 756. The van der Waals surface area contributed by atoms with E-state index in [1.54, 1.807) is 24.3 Å². The van der Waals surface area contributed by atoms with E-state index in [1.165, 1.54) is 12.4 Å². The van der Waals surface area contributed by atoms with Crippen LogP contribution < -0.4 is 5.32 Å². The van der Waals surface area contributed by atoms with E-state index in [2.05, 4.69) is 20.3 Å². The van der Waals surface area contributed by atoms with Gasteiger partial charge in [-0.15, -0.1) is 0 Å². The summed E-state index contributed by atoms with van der Waals surface area (Å²) in [5.74, 6) is 0.0427. The largest absolute Gasteiger partial charge is 0.324 e. The van der Waals surface area contributed by atoms with Crippen LogP contribution in [0.5, 0.6) is 0 Å². The van der Waals surface area contributed by atoms with Gasteiger partial charge in [0.1, 0.15) is 12.0 Å². The number of carbonyl (C=O) groups excluding carboxylic acids is 1. The lowest BCUT2D eigenvalue weighted by Gasteiger charge is -2.12. The van der Waals surface area contributed by atoms with E-state index in [1.807, 2.05) is 0 Å². The van der Waals surface area contributed by atoms with Gasteiger partial charge in [-0.2, -0.15) is 4.98 Å². The molecule has 0 amide bonds. The second-order valence-corrected chi connectivity index (χ2v) is 4.42. The second-order valence-electron chi connectivity index (χ2n) is 4.08. The Morgan fingerprint density at radius 3 is 2.85 bits per heavy atom. The molecule has 0 unspecified atom stereocenters. The van der Waals surface area contributed by atoms with Gasteiger partial charge in [0.05, 0.1) is 0 Å². The highest BCUT2D eigenvalue weighted by Crippen LogP contribution is 2.23. The van der Waals surface area contributed by atoms with Gasteiger partial charge < -0.3 is 5.32 Å². The first-order valence-electron chi connectivity index (χ1n) is 5.70. The summed E-state index contributed by atoms with van der Waals surface area (Å²) in [6, 6.07) is 5.18. The maximum Gasteiger partial charge on any atom is 0.231 e. The Kier molecular flexibility index (Phi) is 3.00. The van der Waals surface area contributed by atoms with Crippen molar-refractivity contribution in [3.63, 3.8) is 0 Å². The first-order valence-corrected chi connectivity index (χ1v) is 6.08. The third-order valence-corrected chi connectivity index (χ3v) is 2.95. The monoisotopic (exact) mass is 285 g/mol. The van der Waals surface area contributed by atoms with Gasteiger partial charge in [0, 0.05) is 11.3 Å². The minimum absolute atomic E-state index is 0.0116. The summed E-state index contributed by atoms with van der Waals surface area (Å²) in [6.45, 7) is 0. The summed E-state index contributed by atoms with van der Waals surface area (Å²) < 4.78 is 0. The highest BCUT2D eigenvalue weighted by molar-refractivity contribution is 6.51. The van der Waals surface area contributed by atoms with Gasteiger partial charge in [-0.1, -0.05) is 6.08 Å². The average Bonchev–Trinajstić information content (AvgIpc) is 2.43. The van der Waals surface area contributed by atoms with E-state index in [0.29, 0.717) is 11.5 Å². The molecule has 0 atom stereocenters. The van der Waals surface area contributed by atoms with Gasteiger partial charge >= 0.3 is 0 Å². The zero-order valence-corrected chi connectivity index (χ0v) is 10.8. The fourth-order valence-corrected chi connectivity index (χ4v) is 1.97. The Morgan fingerprint density at radius 1 is 1.20 bits per heavy atom. The fourth-order valence-electron chi connectivity index (χ4n) is 1.84. The molecule has 98 valence electrons. The maximum absolute atomic E-state index is 11.8. The van der Waals surface area contributed by atoms with Crippen LogP contribution in [0.4, 0.5) is 11.6 Å². The number of hydrogen-bond acceptors (Lipinski definition) is 6. The number of benzene rings is 1. The van der Waals surface area contributed by atoms with Crippen LogP contribution in [0.3, 0.4) is 0 Å². The molecule has 3 rings (SSSR count). The van der Waals surface area contributed by atoms with Crippen LogP contribution in [0.25, 0.3) is 6.08 Å². The van der Waals surface area contributed by atoms with Crippen molar-refractivity contribution >= 4 is 40.8 Å². The third-order valence-electron chi connectivity index (χ3n) is 2.77. The van der Waals surface area contributed by atoms with Crippen molar-refractivity contribution in [3.8, 4) is 0 Å². The number of fused-ring (bicyclic) bond motifs is 1. The molecule has 0 spiro atoms. The molecular formula is C13H8ClN5O. The van der Waals surface area contributed by atoms with Crippen LogP contribution in [-0.4, -0.2) is 26.4 Å². The number of aromatic nitrogens is 3. The number of carbonyl (C=O) groups is 1. The summed E-state index contributed by atoms with van der Waals surface area (Å²) in [6.07, 6.45) is 4.51. The lowest BCUT2D eigenvalue weighted by atomic mass is 9.94. The first kappa shape index (κ1) is 12.4. The molecule has 1 heterocycles. The number of hydrogen-bond donors (Lipinski definition) is 2. The van der Waals surface area contributed by atoms with Crippen LogP contribution in [0.1, 0.15) is 15.9 Å². The molecule has 1 aromatic carbocycles. The second kappa shape index (κ2) is 4.82. The van der Waals surface area contributed by atoms with E-state index < -0.39 is 0 Å². The number of nitrogens with zero attached hydrogens (tertiary/aromatic N) is 3. The molecule has 0 saturated heterocycles. The Hall–Kier alpha value is -2.60. The number of ketones is 1. The molecule has 0 radical (unpaired) electrons. The number of rotatable bonds is 2. The SMILES string of the molecule is N=C1C=Cc2cc(Nc3ncnc(Cl)n3)ccc2C1=O. The molecule has 0 aliphatic heterocycles. The normalized spacial score (nSPS) is 13.2. The molecule has 2 N–H and O–H groups in total. The van der Waals surface area contributed by atoms with Crippen molar-refractivity contribution in [2.24, 2.45) is 0 Å². The van der Waals surface area contributed by atoms with Crippen molar-refractivity contribution in [1.29, 1.82) is 5.41 Å². The molecule has 1 aliphatic rings. The summed E-state index contributed by atoms with van der Waals surface area (Å²) in [5, 5.41) is 10.6. The van der Waals surface area contributed by atoms with Crippen molar-refractivity contribution in [2.45, 2.75) is 0 Å². The molecule has 6 nitrogen and oxygen atoms in total. The predicted molar refractivity (Wildman–Crippen MR) is 75.7 cm³/mol.